The number of likely N-dealkylation sites (tertiary alicyclic amines) is 1. The van der Waals surface area contributed by atoms with Gasteiger partial charge in [-0.3, -0.25) is 0 Å². The fourth-order valence-electron chi connectivity index (χ4n) is 3.78. The molecule has 0 radical (unpaired) electrons. The van der Waals surface area contributed by atoms with Crippen LogP contribution in [0.25, 0.3) is 0 Å². The molecule has 3 rings (SSSR count). The molecule has 24 heavy (non-hydrogen) atoms. The Morgan fingerprint density at radius 1 is 1.42 bits per heavy atom. The number of aryl methyl sites for hydroxylation is 1. The Bertz CT molecular complexity index is 595. The lowest BCUT2D eigenvalue weighted by Gasteiger charge is -2.25. The van der Waals surface area contributed by atoms with E-state index in [9.17, 15) is 4.79 Å². The number of carbonyl (C=O) groups is 1. The van der Waals surface area contributed by atoms with Crippen LogP contribution < -0.4 is 5.32 Å². The Morgan fingerprint density at radius 3 is 2.96 bits per heavy atom. The highest BCUT2D eigenvalue weighted by Crippen LogP contribution is 2.33. The number of carbonyl (C=O) groups excluding carboxylic acids is 1. The largest absolute Gasteiger partial charge is 0.464 e. The molecular weight excluding hydrogens is 304 g/mol. The van der Waals surface area contributed by atoms with Crippen LogP contribution in [0.3, 0.4) is 0 Å². The Kier molecular flexibility index (Phi) is 5.29. The van der Waals surface area contributed by atoms with Gasteiger partial charge in [0.15, 0.2) is 0 Å². The van der Waals surface area contributed by atoms with Crippen molar-refractivity contribution in [3.8, 4) is 0 Å². The summed E-state index contributed by atoms with van der Waals surface area (Å²) >= 11 is 0. The Hall–Kier alpha value is -1.75. The van der Waals surface area contributed by atoms with E-state index in [0.717, 1.165) is 55.9 Å². The van der Waals surface area contributed by atoms with Gasteiger partial charge in [-0.2, -0.15) is 0 Å². The Morgan fingerprint density at radius 2 is 2.25 bits per heavy atom. The molecule has 5 nitrogen and oxygen atoms in total. The molecule has 0 spiro atoms. The van der Waals surface area contributed by atoms with E-state index in [2.05, 4.69) is 18.8 Å². The minimum atomic E-state index is -0.000635. The van der Waals surface area contributed by atoms with Crippen LogP contribution in [0.2, 0.25) is 0 Å². The molecule has 1 aromatic rings. The highest BCUT2D eigenvalue weighted by molar-refractivity contribution is 5.75. The lowest BCUT2D eigenvalue weighted by atomic mass is 9.97. The molecule has 0 aliphatic carbocycles. The number of nitrogens with zero attached hydrogens (tertiary/aromatic N) is 1. The number of ether oxygens (including phenoxy) is 1. The molecule has 2 aliphatic rings. The Labute approximate surface area is 144 Å². The van der Waals surface area contributed by atoms with Gasteiger partial charge in [0, 0.05) is 32.0 Å². The zero-order chi connectivity index (χ0) is 17.1. The second-order valence-corrected chi connectivity index (χ2v) is 6.88. The van der Waals surface area contributed by atoms with Gasteiger partial charge in [-0.1, -0.05) is 19.1 Å². The van der Waals surface area contributed by atoms with E-state index < -0.39 is 0 Å². The molecule has 1 aromatic heterocycles. The molecule has 5 heteroatoms. The van der Waals surface area contributed by atoms with Gasteiger partial charge in [0.05, 0.1) is 12.1 Å². The van der Waals surface area contributed by atoms with E-state index in [0.29, 0.717) is 12.5 Å². The number of furan rings is 1. The molecule has 3 unspecified atom stereocenters. The van der Waals surface area contributed by atoms with Crippen LogP contribution in [-0.4, -0.2) is 36.7 Å². The first-order valence-electron chi connectivity index (χ1n) is 9.00. The van der Waals surface area contributed by atoms with Crippen LogP contribution in [0.5, 0.6) is 0 Å². The number of urea groups is 1. The number of rotatable bonds is 5. The standard InChI is InChI=1S/C19H28N2O3/c1-4-15-7-8-17(24-15)16-6-5-10-21(16)19(22)20-12-14-9-11-23-18(14)13(2)3/h7-8,14,16,18H,2,4-6,9-12H2,1,3H3,(H,20,22). The molecule has 3 heterocycles. The average molecular weight is 332 g/mol. The second kappa shape index (κ2) is 7.43. The lowest BCUT2D eigenvalue weighted by molar-refractivity contribution is 0.118. The monoisotopic (exact) mass is 332 g/mol. The fourth-order valence-corrected chi connectivity index (χ4v) is 3.78. The third-order valence-electron chi connectivity index (χ3n) is 5.09. The van der Waals surface area contributed by atoms with E-state index in [4.69, 9.17) is 9.15 Å². The third kappa shape index (κ3) is 3.51. The summed E-state index contributed by atoms with van der Waals surface area (Å²) in [6.07, 6.45) is 3.89. The van der Waals surface area contributed by atoms with E-state index >= 15 is 0 Å². The minimum absolute atomic E-state index is 0.000635. The molecule has 2 saturated heterocycles. The van der Waals surface area contributed by atoms with Crippen LogP contribution in [0, 0.1) is 5.92 Å². The smallest absolute Gasteiger partial charge is 0.318 e. The predicted octanol–water partition coefficient (Wildman–Crippen LogP) is 3.67. The Balaban J connectivity index is 1.58. The molecular formula is C19H28N2O3. The maximum absolute atomic E-state index is 12.6. The lowest BCUT2D eigenvalue weighted by Crippen LogP contribution is -2.42. The summed E-state index contributed by atoms with van der Waals surface area (Å²) in [5, 5.41) is 3.10. The maximum Gasteiger partial charge on any atom is 0.318 e. The molecule has 132 valence electrons. The zero-order valence-electron chi connectivity index (χ0n) is 14.7. The first-order valence-corrected chi connectivity index (χ1v) is 9.00. The second-order valence-electron chi connectivity index (χ2n) is 6.88. The van der Waals surface area contributed by atoms with Gasteiger partial charge in [0.25, 0.3) is 0 Å². The quantitative estimate of drug-likeness (QED) is 0.837. The third-order valence-corrected chi connectivity index (χ3v) is 5.09. The predicted molar refractivity (Wildman–Crippen MR) is 92.8 cm³/mol. The van der Waals surface area contributed by atoms with Crippen molar-refractivity contribution in [3.05, 3.63) is 35.8 Å². The van der Waals surface area contributed by atoms with Crippen molar-refractivity contribution in [3.63, 3.8) is 0 Å². The summed E-state index contributed by atoms with van der Waals surface area (Å²) in [6, 6.07) is 4.08. The number of nitrogens with one attached hydrogen (secondary N) is 1. The van der Waals surface area contributed by atoms with Gasteiger partial charge >= 0.3 is 6.03 Å². The average Bonchev–Trinajstić information content (AvgIpc) is 3.30. The highest BCUT2D eigenvalue weighted by Gasteiger charge is 2.34. The fraction of sp³-hybridized carbons (Fsp3) is 0.632. The summed E-state index contributed by atoms with van der Waals surface area (Å²) in [5.74, 6) is 2.20. The number of hydrogen-bond donors (Lipinski definition) is 1. The minimum Gasteiger partial charge on any atom is -0.464 e. The molecule has 0 bridgehead atoms. The van der Waals surface area contributed by atoms with Gasteiger partial charge < -0.3 is 19.4 Å². The summed E-state index contributed by atoms with van der Waals surface area (Å²) in [6.45, 7) is 10.2. The van der Waals surface area contributed by atoms with Gasteiger partial charge in [-0.05, 0) is 38.3 Å². The summed E-state index contributed by atoms with van der Waals surface area (Å²) in [5.41, 5.74) is 1.04. The van der Waals surface area contributed by atoms with Gasteiger partial charge in [-0.25, -0.2) is 4.79 Å². The van der Waals surface area contributed by atoms with E-state index in [1.165, 1.54) is 0 Å². The van der Waals surface area contributed by atoms with Crippen molar-refractivity contribution in [2.75, 3.05) is 19.7 Å². The first kappa shape index (κ1) is 17.1. The molecule has 2 fully saturated rings. The SMILES string of the molecule is C=C(C)C1OCCC1CNC(=O)N1CCCC1c1ccc(CC)o1. The summed E-state index contributed by atoms with van der Waals surface area (Å²) < 4.78 is 11.6. The van der Waals surface area contributed by atoms with Crippen LogP contribution >= 0.6 is 0 Å². The van der Waals surface area contributed by atoms with Crippen LogP contribution in [0.15, 0.2) is 28.7 Å². The summed E-state index contributed by atoms with van der Waals surface area (Å²) in [4.78, 5) is 14.6. The highest BCUT2D eigenvalue weighted by atomic mass is 16.5. The molecule has 1 N–H and O–H groups in total. The number of amides is 2. The van der Waals surface area contributed by atoms with Crippen molar-refractivity contribution >= 4 is 6.03 Å². The van der Waals surface area contributed by atoms with Crippen LogP contribution in [-0.2, 0) is 11.2 Å². The van der Waals surface area contributed by atoms with Crippen molar-refractivity contribution in [2.24, 2.45) is 5.92 Å². The van der Waals surface area contributed by atoms with Crippen LogP contribution in [0.4, 0.5) is 4.79 Å². The summed E-state index contributed by atoms with van der Waals surface area (Å²) in [7, 11) is 0. The maximum atomic E-state index is 12.6. The van der Waals surface area contributed by atoms with Crippen molar-refractivity contribution in [1.82, 2.24) is 10.2 Å². The molecule has 2 amide bonds. The van der Waals surface area contributed by atoms with E-state index in [-0.39, 0.29) is 18.2 Å². The van der Waals surface area contributed by atoms with Crippen LogP contribution in [0.1, 0.15) is 50.7 Å². The topological polar surface area (TPSA) is 54.7 Å². The van der Waals surface area contributed by atoms with Gasteiger partial charge in [0.1, 0.15) is 11.5 Å². The number of hydrogen-bond acceptors (Lipinski definition) is 3. The normalized spacial score (nSPS) is 26.8. The molecule has 0 aromatic carbocycles. The van der Waals surface area contributed by atoms with Crippen molar-refractivity contribution in [2.45, 2.75) is 51.7 Å². The molecule has 2 aliphatic heterocycles. The first-order chi connectivity index (χ1) is 11.6. The van der Waals surface area contributed by atoms with E-state index in [1.807, 2.05) is 24.0 Å². The van der Waals surface area contributed by atoms with Gasteiger partial charge in [0.2, 0.25) is 0 Å². The van der Waals surface area contributed by atoms with Crippen molar-refractivity contribution < 1.29 is 13.9 Å². The molecule has 3 atom stereocenters. The zero-order valence-corrected chi connectivity index (χ0v) is 14.7. The van der Waals surface area contributed by atoms with Crippen molar-refractivity contribution in [1.29, 1.82) is 0 Å². The van der Waals surface area contributed by atoms with E-state index in [1.54, 1.807) is 0 Å². The van der Waals surface area contributed by atoms with Gasteiger partial charge in [-0.15, -0.1) is 0 Å². The molecule has 0 saturated carbocycles.